The van der Waals surface area contributed by atoms with Gasteiger partial charge in [-0.2, -0.15) is 0 Å². The fourth-order valence-corrected chi connectivity index (χ4v) is 6.26. The van der Waals surface area contributed by atoms with E-state index in [1.54, 1.807) is 30.3 Å². The Labute approximate surface area is 228 Å². The molecule has 5 atom stereocenters. The summed E-state index contributed by atoms with van der Waals surface area (Å²) in [7, 11) is 0. The van der Waals surface area contributed by atoms with Gasteiger partial charge in [0, 0.05) is 18.0 Å². The van der Waals surface area contributed by atoms with Crippen LogP contribution < -0.4 is 11.1 Å². The minimum atomic E-state index is -2.69. The van der Waals surface area contributed by atoms with E-state index in [0.29, 0.717) is 22.4 Å². The van der Waals surface area contributed by atoms with Crippen molar-refractivity contribution < 1.29 is 43.7 Å². The number of carbonyl (C=O) groups is 6. The molecule has 0 radical (unpaired) electrons. The van der Waals surface area contributed by atoms with Crippen LogP contribution in [0, 0.1) is 23.7 Å². The summed E-state index contributed by atoms with van der Waals surface area (Å²) in [6.45, 7) is 3.53. The maximum Gasteiger partial charge on any atom is 0.411 e. The van der Waals surface area contributed by atoms with Crippen molar-refractivity contribution in [1.82, 2.24) is 0 Å². The SMILES string of the molecule is C=CCOC(=O)Nc1ccc(-c2ccc(O)c3c2C[C@H]2C[C@H]4CC(=O)C(C(N)=O)C(=O)[C@@]4(O)C(=O)C2C3=O)cc1. The Morgan fingerprint density at radius 1 is 1.07 bits per heavy atom. The first-order chi connectivity index (χ1) is 19.0. The van der Waals surface area contributed by atoms with Gasteiger partial charge in [-0.1, -0.05) is 30.9 Å². The normalized spacial score (nSPS) is 27.2. The molecular weight excluding hydrogens is 520 g/mol. The molecule has 11 heteroatoms. The number of nitrogens with one attached hydrogen (secondary N) is 1. The molecule has 2 fully saturated rings. The number of rotatable bonds is 5. The second kappa shape index (κ2) is 9.83. The van der Waals surface area contributed by atoms with Gasteiger partial charge in [-0.15, -0.1) is 0 Å². The number of nitrogens with two attached hydrogens (primary N) is 1. The van der Waals surface area contributed by atoms with Gasteiger partial charge in [-0.05, 0) is 53.6 Å². The van der Waals surface area contributed by atoms with Crippen LogP contribution in [0.3, 0.4) is 0 Å². The predicted octanol–water partition coefficient (Wildman–Crippen LogP) is 1.73. The van der Waals surface area contributed by atoms with Crippen LogP contribution in [-0.4, -0.2) is 57.6 Å². The van der Waals surface area contributed by atoms with E-state index >= 15 is 0 Å². The van der Waals surface area contributed by atoms with Crippen LogP contribution in [0.1, 0.15) is 28.8 Å². The number of fused-ring (bicyclic) bond motifs is 3. The number of ketones is 4. The van der Waals surface area contributed by atoms with Crippen molar-refractivity contribution in [3.63, 3.8) is 0 Å². The number of benzene rings is 2. The molecule has 206 valence electrons. The Morgan fingerprint density at radius 2 is 1.77 bits per heavy atom. The van der Waals surface area contributed by atoms with Crippen molar-refractivity contribution in [2.45, 2.75) is 24.9 Å². The van der Waals surface area contributed by atoms with E-state index in [1.807, 2.05) is 0 Å². The van der Waals surface area contributed by atoms with Crippen molar-refractivity contribution in [2.75, 3.05) is 11.9 Å². The van der Waals surface area contributed by atoms with Crippen molar-refractivity contribution in [1.29, 1.82) is 0 Å². The fourth-order valence-electron chi connectivity index (χ4n) is 6.26. The van der Waals surface area contributed by atoms with Crippen molar-refractivity contribution in [3.05, 3.63) is 60.2 Å². The van der Waals surface area contributed by atoms with E-state index in [-0.39, 0.29) is 30.8 Å². The number of amides is 2. The molecule has 2 saturated carbocycles. The van der Waals surface area contributed by atoms with Gasteiger partial charge in [0.05, 0.1) is 11.5 Å². The topological polar surface area (TPSA) is 190 Å². The lowest BCUT2D eigenvalue weighted by Gasteiger charge is -2.48. The molecular formula is C29H26N2O9. The predicted molar refractivity (Wildman–Crippen MR) is 139 cm³/mol. The van der Waals surface area contributed by atoms with Crippen LogP contribution >= 0.6 is 0 Å². The molecule has 5 rings (SSSR count). The van der Waals surface area contributed by atoms with E-state index < -0.39 is 70.8 Å². The molecule has 0 aromatic heterocycles. The molecule has 2 aromatic rings. The van der Waals surface area contributed by atoms with Crippen LogP contribution in [0.2, 0.25) is 0 Å². The van der Waals surface area contributed by atoms with Gasteiger partial charge in [-0.25, -0.2) is 4.79 Å². The van der Waals surface area contributed by atoms with Gasteiger partial charge in [-0.3, -0.25) is 29.3 Å². The molecule has 0 aliphatic heterocycles. The first-order valence-electron chi connectivity index (χ1n) is 12.7. The van der Waals surface area contributed by atoms with Gasteiger partial charge >= 0.3 is 6.09 Å². The number of aromatic hydroxyl groups is 1. The number of hydrogen-bond donors (Lipinski definition) is 4. The minimum Gasteiger partial charge on any atom is -0.507 e. The number of ether oxygens (including phenoxy) is 1. The molecule has 0 heterocycles. The van der Waals surface area contributed by atoms with Crippen LogP contribution in [0.5, 0.6) is 5.75 Å². The number of primary amides is 1. The van der Waals surface area contributed by atoms with E-state index in [9.17, 15) is 39.0 Å². The highest BCUT2D eigenvalue weighted by Gasteiger charge is 2.66. The zero-order valence-corrected chi connectivity index (χ0v) is 21.2. The third-order valence-corrected chi connectivity index (χ3v) is 8.06. The molecule has 2 amide bonds. The highest BCUT2D eigenvalue weighted by Crippen LogP contribution is 2.51. The largest absolute Gasteiger partial charge is 0.507 e. The average molecular weight is 547 g/mol. The first kappa shape index (κ1) is 26.9. The summed E-state index contributed by atoms with van der Waals surface area (Å²) in [6.07, 6.45) is 0.539. The van der Waals surface area contributed by atoms with Gasteiger partial charge in [0.15, 0.2) is 34.7 Å². The third kappa shape index (κ3) is 4.10. The number of aliphatic hydroxyl groups is 1. The molecule has 0 saturated heterocycles. The first-order valence-corrected chi connectivity index (χ1v) is 12.7. The van der Waals surface area contributed by atoms with E-state index in [2.05, 4.69) is 11.9 Å². The lowest BCUT2D eigenvalue weighted by Crippen LogP contribution is -2.68. The number of phenolic OH excluding ortho intramolecular Hbond substituents is 1. The summed E-state index contributed by atoms with van der Waals surface area (Å²) in [4.78, 5) is 76.4. The van der Waals surface area contributed by atoms with Crippen LogP contribution in [0.15, 0.2) is 49.1 Å². The molecule has 2 aromatic carbocycles. The molecule has 40 heavy (non-hydrogen) atoms. The summed E-state index contributed by atoms with van der Waals surface area (Å²) in [5.41, 5.74) is 4.65. The number of carbonyl (C=O) groups excluding carboxylic acids is 6. The Bertz CT molecular complexity index is 1500. The number of phenols is 1. The van der Waals surface area contributed by atoms with Crippen LogP contribution in [0.25, 0.3) is 11.1 Å². The number of Topliss-reactive ketones (excluding diaryl/α,β-unsaturated/α-hetero) is 4. The lowest BCUT2D eigenvalue weighted by molar-refractivity contribution is -0.175. The summed E-state index contributed by atoms with van der Waals surface area (Å²) in [5, 5.41) is 24.5. The number of anilines is 1. The fraction of sp³-hybridized carbons (Fsp3) is 0.310. The average Bonchev–Trinajstić information content (AvgIpc) is 2.90. The molecule has 2 unspecified atom stereocenters. The van der Waals surface area contributed by atoms with Crippen molar-refractivity contribution >= 4 is 40.8 Å². The summed E-state index contributed by atoms with van der Waals surface area (Å²) in [6, 6.07) is 9.64. The smallest absolute Gasteiger partial charge is 0.411 e. The second-order valence-corrected chi connectivity index (χ2v) is 10.3. The molecule has 5 N–H and O–H groups in total. The van der Waals surface area contributed by atoms with Crippen LogP contribution in [0.4, 0.5) is 10.5 Å². The monoisotopic (exact) mass is 546 g/mol. The zero-order chi connectivity index (χ0) is 28.9. The highest BCUT2D eigenvalue weighted by atomic mass is 16.5. The molecule has 3 aliphatic rings. The quantitative estimate of drug-likeness (QED) is 0.319. The second-order valence-electron chi connectivity index (χ2n) is 10.3. The summed E-state index contributed by atoms with van der Waals surface area (Å²) >= 11 is 0. The maximum absolute atomic E-state index is 13.7. The lowest BCUT2D eigenvalue weighted by atomic mass is 9.53. The van der Waals surface area contributed by atoms with E-state index in [4.69, 9.17) is 10.5 Å². The Morgan fingerprint density at radius 3 is 2.42 bits per heavy atom. The molecule has 0 spiro atoms. The van der Waals surface area contributed by atoms with E-state index in [0.717, 1.165) is 0 Å². The molecule has 3 aliphatic carbocycles. The highest BCUT2D eigenvalue weighted by molar-refractivity contribution is 6.31. The number of hydrogen-bond acceptors (Lipinski definition) is 9. The zero-order valence-electron chi connectivity index (χ0n) is 21.2. The van der Waals surface area contributed by atoms with Crippen LogP contribution in [-0.2, 0) is 30.3 Å². The Hall–Kier alpha value is -4.64. The minimum absolute atomic E-state index is 0.00578. The Kier molecular flexibility index (Phi) is 6.62. The van der Waals surface area contributed by atoms with Gasteiger partial charge < -0.3 is 20.7 Å². The van der Waals surface area contributed by atoms with Crippen molar-refractivity contribution in [3.8, 4) is 16.9 Å². The third-order valence-electron chi connectivity index (χ3n) is 8.06. The summed E-state index contributed by atoms with van der Waals surface area (Å²) in [5.74, 6) is -10.6. The Balaban J connectivity index is 1.49. The van der Waals surface area contributed by atoms with Gasteiger partial charge in [0.2, 0.25) is 5.91 Å². The van der Waals surface area contributed by atoms with E-state index in [1.165, 1.54) is 12.1 Å². The van der Waals surface area contributed by atoms with Gasteiger partial charge in [0.1, 0.15) is 12.4 Å². The summed E-state index contributed by atoms with van der Waals surface area (Å²) < 4.78 is 4.90. The standard InChI is InChI=1S/C29H26N2O9/c1-2-9-40-28(38)31-16-5-3-13(4-6-16)17-7-8-19(32)22-18(17)11-14-10-15-12-20(33)23(27(30)37)26(36)29(15,39)25(35)21(14)24(22)34/h2-8,14-15,21,23,32,39H,1,9-12H2,(H2,30,37)(H,31,38)/t14-,15+,21?,23?,29+/m1/s1. The van der Waals surface area contributed by atoms with Gasteiger partial charge in [0.25, 0.3) is 0 Å². The molecule has 0 bridgehead atoms. The van der Waals surface area contributed by atoms with Crippen molar-refractivity contribution in [2.24, 2.45) is 29.4 Å². The molecule has 11 nitrogen and oxygen atoms in total. The maximum atomic E-state index is 13.7.